The van der Waals surface area contributed by atoms with Crippen LogP contribution >= 0.6 is 24.0 Å². The standard InChI is InChI=1S/C21H34N4O3.HI/c1-4-23-21(25-12-9-17(10-13-25)15-20(26)22-2)24-11-6-14-28-19-8-5-7-18(16-19)27-3;/h5,7-8,16-17H,4,6,9-15H2,1-3H3,(H,22,26)(H,23,24);1H. The number of carbonyl (C=O) groups is 1. The molecule has 0 bridgehead atoms. The van der Waals surface area contributed by atoms with Gasteiger partial charge in [0.1, 0.15) is 11.5 Å². The van der Waals surface area contributed by atoms with Crippen LogP contribution in [0.15, 0.2) is 29.3 Å². The van der Waals surface area contributed by atoms with Crippen LogP contribution < -0.4 is 20.1 Å². The van der Waals surface area contributed by atoms with Crippen LogP contribution in [0.1, 0.15) is 32.6 Å². The molecule has 0 radical (unpaired) electrons. The van der Waals surface area contributed by atoms with Crippen LogP contribution in [-0.4, -0.2) is 63.7 Å². The lowest BCUT2D eigenvalue weighted by atomic mass is 9.93. The number of halogens is 1. The molecule has 7 nitrogen and oxygen atoms in total. The smallest absolute Gasteiger partial charge is 0.220 e. The molecule has 1 saturated heterocycles. The molecule has 2 N–H and O–H groups in total. The van der Waals surface area contributed by atoms with Gasteiger partial charge in [0.15, 0.2) is 5.96 Å². The van der Waals surface area contributed by atoms with Crippen molar-refractivity contribution in [1.82, 2.24) is 15.5 Å². The van der Waals surface area contributed by atoms with E-state index in [4.69, 9.17) is 14.5 Å². The summed E-state index contributed by atoms with van der Waals surface area (Å²) < 4.78 is 11.0. The first-order chi connectivity index (χ1) is 13.7. The maximum absolute atomic E-state index is 11.6. The first-order valence-electron chi connectivity index (χ1n) is 10.2. The van der Waals surface area contributed by atoms with Gasteiger partial charge in [0.05, 0.1) is 13.7 Å². The first-order valence-corrected chi connectivity index (χ1v) is 10.2. The summed E-state index contributed by atoms with van der Waals surface area (Å²) >= 11 is 0. The van der Waals surface area contributed by atoms with Gasteiger partial charge < -0.3 is 25.0 Å². The Morgan fingerprint density at radius 1 is 1.28 bits per heavy atom. The zero-order valence-electron chi connectivity index (χ0n) is 17.8. The summed E-state index contributed by atoms with van der Waals surface area (Å²) in [4.78, 5) is 18.6. The molecule has 1 aromatic rings. The second-order valence-electron chi connectivity index (χ2n) is 6.92. The van der Waals surface area contributed by atoms with E-state index in [2.05, 4.69) is 22.5 Å². The molecule has 0 atom stereocenters. The monoisotopic (exact) mass is 518 g/mol. The minimum Gasteiger partial charge on any atom is -0.497 e. The summed E-state index contributed by atoms with van der Waals surface area (Å²) in [5, 5.41) is 6.10. The molecule has 0 spiro atoms. The van der Waals surface area contributed by atoms with Gasteiger partial charge in [0.25, 0.3) is 0 Å². The van der Waals surface area contributed by atoms with Gasteiger partial charge in [-0.1, -0.05) is 6.07 Å². The van der Waals surface area contributed by atoms with E-state index in [9.17, 15) is 4.79 Å². The summed E-state index contributed by atoms with van der Waals surface area (Å²) in [6, 6.07) is 7.64. The van der Waals surface area contributed by atoms with E-state index < -0.39 is 0 Å². The van der Waals surface area contributed by atoms with Gasteiger partial charge in [-0.3, -0.25) is 9.79 Å². The molecule has 1 aliphatic heterocycles. The number of nitrogens with one attached hydrogen (secondary N) is 2. The van der Waals surface area contributed by atoms with E-state index in [0.717, 1.165) is 56.4 Å². The van der Waals surface area contributed by atoms with Gasteiger partial charge in [-0.25, -0.2) is 0 Å². The highest BCUT2D eigenvalue weighted by Crippen LogP contribution is 2.21. The maximum atomic E-state index is 11.6. The summed E-state index contributed by atoms with van der Waals surface area (Å²) in [5.74, 6) is 3.17. The topological polar surface area (TPSA) is 75.2 Å². The molecule has 164 valence electrons. The number of carbonyl (C=O) groups excluding carboxylic acids is 1. The maximum Gasteiger partial charge on any atom is 0.220 e. The van der Waals surface area contributed by atoms with Crippen molar-refractivity contribution in [3.63, 3.8) is 0 Å². The van der Waals surface area contributed by atoms with Crippen molar-refractivity contribution >= 4 is 35.8 Å². The molecule has 1 aromatic carbocycles. The van der Waals surface area contributed by atoms with Gasteiger partial charge in [-0.15, -0.1) is 24.0 Å². The normalized spacial score (nSPS) is 14.7. The van der Waals surface area contributed by atoms with Crippen LogP contribution in [-0.2, 0) is 4.79 Å². The average molecular weight is 518 g/mol. The Hall–Kier alpha value is -1.71. The fourth-order valence-electron chi connectivity index (χ4n) is 3.27. The summed E-state index contributed by atoms with van der Waals surface area (Å²) in [7, 11) is 3.35. The van der Waals surface area contributed by atoms with Crippen molar-refractivity contribution in [2.45, 2.75) is 32.6 Å². The molecule has 1 amide bonds. The molecular weight excluding hydrogens is 483 g/mol. The lowest BCUT2D eigenvalue weighted by molar-refractivity contribution is -0.121. The number of likely N-dealkylation sites (tertiary alicyclic amines) is 1. The number of rotatable bonds is 9. The highest BCUT2D eigenvalue weighted by atomic mass is 127. The quantitative estimate of drug-likeness (QED) is 0.228. The van der Waals surface area contributed by atoms with E-state index in [0.29, 0.717) is 25.5 Å². The van der Waals surface area contributed by atoms with E-state index in [1.807, 2.05) is 24.3 Å². The van der Waals surface area contributed by atoms with Crippen LogP contribution in [0.3, 0.4) is 0 Å². The molecule has 1 fully saturated rings. The van der Waals surface area contributed by atoms with E-state index in [-0.39, 0.29) is 29.9 Å². The molecular formula is C21H35IN4O3. The van der Waals surface area contributed by atoms with Crippen molar-refractivity contribution in [1.29, 1.82) is 0 Å². The van der Waals surface area contributed by atoms with Crippen molar-refractivity contribution in [3.05, 3.63) is 24.3 Å². The molecule has 0 saturated carbocycles. The molecule has 1 heterocycles. The number of hydrogen-bond acceptors (Lipinski definition) is 4. The van der Waals surface area contributed by atoms with Crippen LogP contribution in [0.5, 0.6) is 11.5 Å². The number of guanidine groups is 1. The molecule has 0 unspecified atom stereocenters. The van der Waals surface area contributed by atoms with E-state index in [1.165, 1.54) is 0 Å². The summed E-state index contributed by atoms with van der Waals surface area (Å²) in [5.41, 5.74) is 0. The van der Waals surface area contributed by atoms with Crippen LogP contribution in [0.25, 0.3) is 0 Å². The van der Waals surface area contributed by atoms with Crippen molar-refractivity contribution in [2.24, 2.45) is 10.9 Å². The van der Waals surface area contributed by atoms with Gasteiger partial charge in [0, 0.05) is 52.1 Å². The van der Waals surface area contributed by atoms with Crippen molar-refractivity contribution in [2.75, 3.05) is 46.9 Å². The number of benzene rings is 1. The van der Waals surface area contributed by atoms with Gasteiger partial charge in [0.2, 0.25) is 5.91 Å². The number of aliphatic imine (C=N–C) groups is 1. The summed E-state index contributed by atoms with van der Waals surface area (Å²) in [6.07, 6.45) is 3.52. The Bertz CT molecular complexity index is 634. The van der Waals surface area contributed by atoms with Gasteiger partial charge >= 0.3 is 0 Å². The van der Waals surface area contributed by atoms with E-state index >= 15 is 0 Å². The second-order valence-corrected chi connectivity index (χ2v) is 6.92. The Balaban J connectivity index is 0.00000420. The van der Waals surface area contributed by atoms with Crippen molar-refractivity contribution in [3.8, 4) is 11.5 Å². The second kappa shape index (κ2) is 14.3. The fourth-order valence-corrected chi connectivity index (χ4v) is 3.27. The van der Waals surface area contributed by atoms with Gasteiger partial charge in [-0.05, 0) is 37.8 Å². The molecule has 0 aliphatic carbocycles. The zero-order valence-corrected chi connectivity index (χ0v) is 20.1. The lowest BCUT2D eigenvalue weighted by Gasteiger charge is -2.34. The number of nitrogens with zero attached hydrogens (tertiary/aromatic N) is 2. The fraction of sp³-hybridized carbons (Fsp3) is 0.619. The Morgan fingerprint density at radius 3 is 2.66 bits per heavy atom. The molecule has 1 aliphatic rings. The number of amides is 1. The largest absolute Gasteiger partial charge is 0.497 e. The third kappa shape index (κ3) is 9.10. The summed E-state index contributed by atoms with van der Waals surface area (Å²) in [6.45, 7) is 6.13. The van der Waals surface area contributed by atoms with Crippen LogP contribution in [0, 0.1) is 5.92 Å². The Morgan fingerprint density at radius 2 is 2.00 bits per heavy atom. The number of hydrogen-bond donors (Lipinski definition) is 2. The lowest BCUT2D eigenvalue weighted by Crippen LogP contribution is -2.46. The number of piperidine rings is 1. The Kier molecular flexibility index (Phi) is 12.5. The molecule has 8 heteroatoms. The van der Waals surface area contributed by atoms with E-state index in [1.54, 1.807) is 14.2 Å². The highest BCUT2D eigenvalue weighted by molar-refractivity contribution is 14.0. The van der Waals surface area contributed by atoms with Crippen LogP contribution in [0.4, 0.5) is 0 Å². The third-order valence-corrected chi connectivity index (χ3v) is 4.88. The number of methoxy groups -OCH3 is 1. The molecule has 2 rings (SSSR count). The minimum atomic E-state index is 0. The Labute approximate surface area is 191 Å². The predicted octanol–water partition coefficient (Wildman–Crippen LogP) is 2.90. The number of ether oxygens (including phenoxy) is 2. The third-order valence-electron chi connectivity index (χ3n) is 4.88. The SMILES string of the molecule is CCNC(=NCCCOc1cccc(OC)c1)N1CCC(CC(=O)NC)CC1.I. The van der Waals surface area contributed by atoms with Crippen LogP contribution in [0.2, 0.25) is 0 Å². The first kappa shape index (κ1) is 25.3. The molecule has 29 heavy (non-hydrogen) atoms. The highest BCUT2D eigenvalue weighted by Gasteiger charge is 2.22. The zero-order chi connectivity index (χ0) is 20.2. The van der Waals surface area contributed by atoms with Gasteiger partial charge in [-0.2, -0.15) is 0 Å². The van der Waals surface area contributed by atoms with Crippen molar-refractivity contribution < 1.29 is 14.3 Å². The molecule has 0 aromatic heterocycles. The predicted molar refractivity (Wildman–Crippen MR) is 127 cm³/mol. The average Bonchev–Trinajstić information content (AvgIpc) is 2.73. The minimum absolute atomic E-state index is 0.